The summed E-state index contributed by atoms with van der Waals surface area (Å²) in [6.45, 7) is 1.94. The van der Waals surface area contributed by atoms with Gasteiger partial charge in [-0.2, -0.15) is 5.10 Å². The van der Waals surface area contributed by atoms with Crippen molar-refractivity contribution in [2.24, 2.45) is 18.4 Å². The molecule has 3 aliphatic rings. The Morgan fingerprint density at radius 2 is 2.12 bits per heavy atom. The molecule has 0 aromatic carbocycles. The highest BCUT2D eigenvalue weighted by molar-refractivity contribution is 6.00. The number of hydrogen-bond donors (Lipinski definition) is 1. The standard InChI is InChI=1S/C17H24N4O3/c1-19-10-13(9-18-19)21-6-4-17(16(21)24)3-2-5-20(11-17)15(23)12-7-14(22)8-12/h9-10,12,14,22H,2-8,11H2,1H3/t12?,14?,17-/m1/s1. The average molecular weight is 332 g/mol. The van der Waals surface area contributed by atoms with Crippen LogP contribution in [0.2, 0.25) is 0 Å². The minimum atomic E-state index is -0.438. The molecule has 1 saturated carbocycles. The van der Waals surface area contributed by atoms with Gasteiger partial charge >= 0.3 is 0 Å². The number of aryl methyl sites for hydroxylation is 1. The maximum Gasteiger partial charge on any atom is 0.235 e. The van der Waals surface area contributed by atoms with E-state index in [0.717, 1.165) is 31.5 Å². The number of rotatable bonds is 2. The number of amides is 2. The third kappa shape index (κ3) is 2.42. The quantitative estimate of drug-likeness (QED) is 0.857. The molecule has 1 atom stereocenters. The van der Waals surface area contributed by atoms with E-state index >= 15 is 0 Å². The summed E-state index contributed by atoms with van der Waals surface area (Å²) in [4.78, 5) is 29.4. The van der Waals surface area contributed by atoms with Gasteiger partial charge in [-0.05, 0) is 32.1 Å². The molecule has 0 bridgehead atoms. The Kier molecular flexibility index (Phi) is 3.63. The molecule has 1 N–H and O–H groups in total. The zero-order valence-corrected chi connectivity index (χ0v) is 14.0. The second kappa shape index (κ2) is 5.58. The first-order chi connectivity index (χ1) is 11.5. The molecule has 2 aliphatic heterocycles. The highest BCUT2D eigenvalue weighted by atomic mass is 16.3. The Hall–Kier alpha value is -1.89. The fraction of sp³-hybridized carbons (Fsp3) is 0.706. The fourth-order valence-electron chi connectivity index (χ4n) is 4.36. The summed E-state index contributed by atoms with van der Waals surface area (Å²) < 4.78 is 1.70. The number of likely N-dealkylation sites (tertiary alicyclic amines) is 1. The van der Waals surface area contributed by atoms with Crippen LogP contribution in [0.4, 0.5) is 5.69 Å². The number of aromatic nitrogens is 2. The molecule has 4 rings (SSSR count). The van der Waals surface area contributed by atoms with Gasteiger partial charge in [0.1, 0.15) is 0 Å². The van der Waals surface area contributed by atoms with Crippen molar-refractivity contribution in [1.29, 1.82) is 0 Å². The predicted molar refractivity (Wildman–Crippen MR) is 87.2 cm³/mol. The number of nitrogens with zero attached hydrogens (tertiary/aromatic N) is 4. The topological polar surface area (TPSA) is 78.7 Å². The van der Waals surface area contributed by atoms with Crippen molar-refractivity contribution >= 4 is 17.5 Å². The van der Waals surface area contributed by atoms with E-state index in [-0.39, 0.29) is 23.8 Å². The first-order valence-electron chi connectivity index (χ1n) is 8.76. The van der Waals surface area contributed by atoms with Crippen LogP contribution < -0.4 is 4.90 Å². The lowest BCUT2D eigenvalue weighted by molar-refractivity contribution is -0.147. The Labute approximate surface area is 141 Å². The molecule has 2 saturated heterocycles. The van der Waals surface area contributed by atoms with Crippen LogP contribution in [0.15, 0.2) is 12.4 Å². The van der Waals surface area contributed by atoms with Crippen molar-refractivity contribution < 1.29 is 14.7 Å². The third-order valence-electron chi connectivity index (χ3n) is 5.87. The molecule has 1 spiro atoms. The van der Waals surface area contributed by atoms with Gasteiger partial charge < -0.3 is 14.9 Å². The molecule has 1 aromatic heterocycles. The van der Waals surface area contributed by atoms with Crippen LogP contribution in [0.3, 0.4) is 0 Å². The molecule has 0 unspecified atom stereocenters. The summed E-state index contributed by atoms with van der Waals surface area (Å²) in [5, 5.41) is 13.6. The van der Waals surface area contributed by atoms with Gasteiger partial charge in [0, 0.05) is 38.8 Å². The lowest BCUT2D eigenvalue weighted by Crippen LogP contribution is -2.53. The number of hydrogen-bond acceptors (Lipinski definition) is 4. The van der Waals surface area contributed by atoms with E-state index in [2.05, 4.69) is 5.10 Å². The van der Waals surface area contributed by atoms with E-state index in [1.165, 1.54) is 0 Å². The molecule has 130 valence electrons. The Balaban J connectivity index is 1.48. The largest absolute Gasteiger partial charge is 0.393 e. The van der Waals surface area contributed by atoms with E-state index in [1.807, 2.05) is 23.0 Å². The summed E-state index contributed by atoms with van der Waals surface area (Å²) in [6, 6.07) is 0. The summed E-state index contributed by atoms with van der Waals surface area (Å²) in [5.74, 6) is 0.190. The first-order valence-corrected chi connectivity index (χ1v) is 8.76. The van der Waals surface area contributed by atoms with Gasteiger partial charge in [-0.1, -0.05) is 0 Å². The molecule has 3 heterocycles. The van der Waals surface area contributed by atoms with Crippen molar-refractivity contribution in [3.05, 3.63) is 12.4 Å². The van der Waals surface area contributed by atoms with Crippen molar-refractivity contribution in [3.63, 3.8) is 0 Å². The van der Waals surface area contributed by atoms with Crippen molar-refractivity contribution in [1.82, 2.24) is 14.7 Å². The number of aliphatic hydroxyl groups excluding tert-OH is 1. The monoisotopic (exact) mass is 332 g/mol. The van der Waals surface area contributed by atoms with E-state index in [9.17, 15) is 14.7 Å². The number of anilines is 1. The van der Waals surface area contributed by atoms with Gasteiger partial charge in [0.25, 0.3) is 0 Å². The smallest absolute Gasteiger partial charge is 0.235 e. The molecule has 7 heteroatoms. The Morgan fingerprint density at radius 3 is 2.79 bits per heavy atom. The predicted octanol–water partition coefficient (Wildman–Crippen LogP) is 0.536. The number of piperidine rings is 1. The fourth-order valence-corrected chi connectivity index (χ4v) is 4.36. The second-order valence-corrected chi connectivity index (χ2v) is 7.54. The molecule has 24 heavy (non-hydrogen) atoms. The summed E-state index contributed by atoms with van der Waals surface area (Å²) >= 11 is 0. The lowest BCUT2D eigenvalue weighted by Gasteiger charge is -2.42. The molecule has 7 nitrogen and oxygen atoms in total. The zero-order chi connectivity index (χ0) is 16.9. The molecular formula is C17H24N4O3. The number of carbonyl (C=O) groups is 2. The molecule has 3 fully saturated rings. The van der Waals surface area contributed by atoms with Crippen LogP contribution in [-0.2, 0) is 16.6 Å². The highest BCUT2D eigenvalue weighted by Gasteiger charge is 2.51. The maximum absolute atomic E-state index is 13.1. The Morgan fingerprint density at radius 1 is 1.33 bits per heavy atom. The normalized spacial score (nSPS) is 33.2. The molecule has 2 amide bonds. The van der Waals surface area contributed by atoms with Gasteiger partial charge in [-0.15, -0.1) is 0 Å². The first kappa shape index (κ1) is 15.6. The van der Waals surface area contributed by atoms with E-state index in [4.69, 9.17) is 0 Å². The molecular weight excluding hydrogens is 308 g/mol. The van der Waals surface area contributed by atoms with Crippen LogP contribution in [0.5, 0.6) is 0 Å². The van der Waals surface area contributed by atoms with E-state index < -0.39 is 5.41 Å². The van der Waals surface area contributed by atoms with Crippen molar-refractivity contribution in [3.8, 4) is 0 Å². The van der Waals surface area contributed by atoms with Gasteiger partial charge in [0.05, 0.1) is 23.4 Å². The molecule has 1 aromatic rings. The van der Waals surface area contributed by atoms with Gasteiger partial charge in [0.2, 0.25) is 11.8 Å². The highest BCUT2D eigenvalue weighted by Crippen LogP contribution is 2.42. The second-order valence-electron chi connectivity index (χ2n) is 7.54. The summed E-state index contributed by atoms with van der Waals surface area (Å²) in [5.41, 5.74) is 0.400. The van der Waals surface area contributed by atoms with E-state index in [0.29, 0.717) is 25.9 Å². The zero-order valence-electron chi connectivity index (χ0n) is 14.0. The number of carbonyl (C=O) groups excluding carboxylic acids is 2. The van der Waals surface area contributed by atoms with E-state index in [1.54, 1.807) is 10.9 Å². The number of aliphatic hydroxyl groups is 1. The average Bonchev–Trinajstić information content (AvgIpc) is 3.09. The molecule has 1 aliphatic carbocycles. The van der Waals surface area contributed by atoms with Gasteiger partial charge in [0.15, 0.2) is 0 Å². The SMILES string of the molecule is Cn1cc(N2CC[C@@]3(CCCN(C(=O)C4CC(O)C4)C3)C2=O)cn1. The maximum atomic E-state index is 13.1. The summed E-state index contributed by atoms with van der Waals surface area (Å²) in [7, 11) is 1.84. The van der Waals surface area contributed by atoms with Gasteiger partial charge in [-0.25, -0.2) is 0 Å². The summed E-state index contributed by atoms with van der Waals surface area (Å²) in [6.07, 6.45) is 6.89. The van der Waals surface area contributed by atoms with Crippen LogP contribution in [0, 0.1) is 11.3 Å². The van der Waals surface area contributed by atoms with Crippen LogP contribution in [0.25, 0.3) is 0 Å². The van der Waals surface area contributed by atoms with Crippen LogP contribution in [0.1, 0.15) is 32.1 Å². The minimum Gasteiger partial charge on any atom is -0.393 e. The van der Waals surface area contributed by atoms with Crippen LogP contribution in [-0.4, -0.2) is 57.3 Å². The minimum absolute atomic E-state index is 0.0546. The van der Waals surface area contributed by atoms with Crippen molar-refractivity contribution in [2.75, 3.05) is 24.5 Å². The third-order valence-corrected chi connectivity index (χ3v) is 5.87. The Bertz CT molecular complexity index is 667. The molecule has 0 radical (unpaired) electrons. The van der Waals surface area contributed by atoms with Crippen LogP contribution >= 0.6 is 0 Å². The van der Waals surface area contributed by atoms with Crippen molar-refractivity contribution in [2.45, 2.75) is 38.2 Å². The van der Waals surface area contributed by atoms with Gasteiger partial charge in [-0.3, -0.25) is 14.3 Å². The lowest BCUT2D eigenvalue weighted by atomic mass is 9.76.